The SMILES string of the molecule is CCC(O)COC(=O)C1CCC2C3CC(C(C)C3C)C12. The maximum Gasteiger partial charge on any atom is 0.309 e. The zero-order valence-electron chi connectivity index (χ0n) is 12.9. The highest BCUT2D eigenvalue weighted by molar-refractivity contribution is 5.73. The van der Waals surface area contributed by atoms with Crippen molar-refractivity contribution in [2.45, 2.75) is 52.6 Å². The number of esters is 1. The van der Waals surface area contributed by atoms with Gasteiger partial charge in [-0.3, -0.25) is 4.79 Å². The van der Waals surface area contributed by atoms with Crippen molar-refractivity contribution < 1.29 is 14.6 Å². The lowest BCUT2D eigenvalue weighted by Crippen LogP contribution is -2.35. The molecule has 0 aromatic rings. The lowest BCUT2D eigenvalue weighted by molar-refractivity contribution is -0.154. The Hall–Kier alpha value is -0.570. The zero-order chi connectivity index (χ0) is 14.4. The summed E-state index contributed by atoms with van der Waals surface area (Å²) in [5, 5.41) is 9.54. The monoisotopic (exact) mass is 280 g/mol. The molecule has 3 rings (SSSR count). The average Bonchev–Trinajstić information content (AvgIpc) is 3.08. The first-order valence-corrected chi connectivity index (χ1v) is 8.39. The molecule has 0 saturated heterocycles. The van der Waals surface area contributed by atoms with Gasteiger partial charge in [-0.05, 0) is 61.2 Å². The zero-order valence-corrected chi connectivity index (χ0v) is 12.9. The summed E-state index contributed by atoms with van der Waals surface area (Å²) in [7, 11) is 0. The van der Waals surface area contributed by atoms with E-state index < -0.39 is 6.10 Å². The Morgan fingerprint density at radius 3 is 2.60 bits per heavy atom. The summed E-state index contributed by atoms with van der Waals surface area (Å²) >= 11 is 0. The number of rotatable bonds is 4. The van der Waals surface area contributed by atoms with E-state index in [2.05, 4.69) is 13.8 Å². The molecular weight excluding hydrogens is 252 g/mol. The van der Waals surface area contributed by atoms with Gasteiger partial charge >= 0.3 is 5.97 Å². The van der Waals surface area contributed by atoms with Crippen molar-refractivity contribution in [3.05, 3.63) is 0 Å². The molecule has 0 aliphatic heterocycles. The number of hydrogen-bond donors (Lipinski definition) is 1. The number of aliphatic hydroxyl groups excluding tert-OH is 1. The molecular formula is C17H28O3. The predicted molar refractivity (Wildman–Crippen MR) is 76.9 cm³/mol. The van der Waals surface area contributed by atoms with Gasteiger partial charge in [0.15, 0.2) is 0 Å². The van der Waals surface area contributed by atoms with Gasteiger partial charge in [-0.15, -0.1) is 0 Å². The summed E-state index contributed by atoms with van der Waals surface area (Å²) < 4.78 is 5.37. The van der Waals surface area contributed by atoms with Gasteiger partial charge in [0.2, 0.25) is 0 Å². The van der Waals surface area contributed by atoms with Crippen LogP contribution in [-0.2, 0) is 9.53 Å². The third kappa shape index (κ3) is 2.09. The molecule has 1 N–H and O–H groups in total. The molecule has 8 unspecified atom stereocenters. The molecule has 0 spiro atoms. The van der Waals surface area contributed by atoms with Gasteiger partial charge in [-0.1, -0.05) is 20.8 Å². The first kappa shape index (κ1) is 14.4. The van der Waals surface area contributed by atoms with E-state index in [4.69, 9.17) is 4.74 Å². The number of aliphatic hydroxyl groups is 1. The molecule has 0 aromatic heterocycles. The van der Waals surface area contributed by atoms with E-state index in [1.54, 1.807) is 0 Å². The average molecular weight is 280 g/mol. The summed E-state index contributed by atoms with van der Waals surface area (Å²) in [6.45, 7) is 6.84. The summed E-state index contributed by atoms with van der Waals surface area (Å²) in [5.74, 6) is 4.56. The fourth-order valence-corrected chi connectivity index (χ4v) is 5.44. The molecule has 3 fully saturated rings. The summed E-state index contributed by atoms with van der Waals surface area (Å²) in [4.78, 5) is 12.3. The van der Waals surface area contributed by atoms with Crippen molar-refractivity contribution in [1.82, 2.24) is 0 Å². The number of ether oxygens (including phenoxy) is 1. The Kier molecular flexibility index (Phi) is 3.83. The fourth-order valence-electron chi connectivity index (χ4n) is 5.44. The predicted octanol–water partition coefficient (Wildman–Crippen LogP) is 2.86. The summed E-state index contributed by atoms with van der Waals surface area (Å²) in [6, 6.07) is 0. The van der Waals surface area contributed by atoms with E-state index in [9.17, 15) is 9.90 Å². The molecule has 114 valence electrons. The minimum absolute atomic E-state index is 0.0441. The highest BCUT2D eigenvalue weighted by Gasteiger charge is 2.60. The van der Waals surface area contributed by atoms with Crippen molar-refractivity contribution in [1.29, 1.82) is 0 Å². The van der Waals surface area contributed by atoms with Crippen LogP contribution in [0.1, 0.15) is 46.5 Å². The van der Waals surface area contributed by atoms with Gasteiger partial charge in [0, 0.05) is 0 Å². The van der Waals surface area contributed by atoms with Crippen molar-refractivity contribution >= 4 is 5.97 Å². The van der Waals surface area contributed by atoms with Crippen LogP contribution in [0.3, 0.4) is 0 Å². The summed E-state index contributed by atoms with van der Waals surface area (Å²) in [5.41, 5.74) is 0. The lowest BCUT2D eigenvalue weighted by atomic mass is 9.69. The highest BCUT2D eigenvalue weighted by atomic mass is 16.5. The highest BCUT2D eigenvalue weighted by Crippen LogP contribution is 2.64. The number of fused-ring (bicyclic) bond motifs is 5. The molecule has 3 saturated carbocycles. The second-order valence-electron chi connectivity index (χ2n) is 7.40. The Morgan fingerprint density at radius 1 is 1.20 bits per heavy atom. The molecule has 0 heterocycles. The Labute approximate surface area is 122 Å². The van der Waals surface area contributed by atoms with Crippen LogP contribution in [0, 0.1) is 41.4 Å². The van der Waals surface area contributed by atoms with Crippen molar-refractivity contribution in [2.75, 3.05) is 6.61 Å². The van der Waals surface area contributed by atoms with Crippen LogP contribution in [-0.4, -0.2) is 23.8 Å². The maximum atomic E-state index is 12.3. The second kappa shape index (κ2) is 5.32. The van der Waals surface area contributed by atoms with Crippen molar-refractivity contribution in [3.8, 4) is 0 Å². The Morgan fingerprint density at radius 2 is 1.90 bits per heavy atom. The lowest BCUT2D eigenvalue weighted by Gasteiger charge is -2.36. The minimum Gasteiger partial charge on any atom is -0.463 e. The van der Waals surface area contributed by atoms with Crippen LogP contribution in [0.2, 0.25) is 0 Å². The van der Waals surface area contributed by atoms with Gasteiger partial charge in [-0.25, -0.2) is 0 Å². The van der Waals surface area contributed by atoms with Gasteiger partial charge < -0.3 is 9.84 Å². The van der Waals surface area contributed by atoms with Gasteiger partial charge in [-0.2, -0.15) is 0 Å². The van der Waals surface area contributed by atoms with E-state index >= 15 is 0 Å². The topological polar surface area (TPSA) is 46.5 Å². The van der Waals surface area contributed by atoms with Crippen LogP contribution >= 0.6 is 0 Å². The molecule has 3 aliphatic carbocycles. The third-order valence-corrected chi connectivity index (χ3v) is 6.73. The number of carbonyl (C=O) groups excluding carboxylic acids is 1. The largest absolute Gasteiger partial charge is 0.463 e. The standard InChI is InChI=1S/C17H28O3/c1-4-11(18)8-20-17(19)13-6-5-12-14-7-15(16(12)13)10(3)9(14)2/h9-16,18H,4-8H2,1-3H3. The minimum atomic E-state index is -0.505. The molecule has 0 radical (unpaired) electrons. The Balaban J connectivity index is 1.64. The molecule has 3 aliphatic rings. The van der Waals surface area contributed by atoms with Crippen molar-refractivity contribution in [2.24, 2.45) is 41.4 Å². The molecule has 2 bridgehead atoms. The second-order valence-corrected chi connectivity index (χ2v) is 7.40. The molecule has 3 nitrogen and oxygen atoms in total. The van der Waals surface area contributed by atoms with E-state index in [1.165, 1.54) is 12.8 Å². The van der Waals surface area contributed by atoms with E-state index in [0.717, 1.165) is 36.0 Å². The van der Waals surface area contributed by atoms with E-state index in [-0.39, 0.29) is 18.5 Å². The third-order valence-electron chi connectivity index (χ3n) is 6.73. The summed E-state index contributed by atoms with van der Waals surface area (Å²) in [6.07, 6.45) is 3.68. The molecule has 3 heteroatoms. The quantitative estimate of drug-likeness (QED) is 0.805. The molecule has 8 atom stereocenters. The van der Waals surface area contributed by atoms with Crippen LogP contribution in [0.5, 0.6) is 0 Å². The molecule has 0 aromatic carbocycles. The van der Waals surface area contributed by atoms with Crippen LogP contribution < -0.4 is 0 Å². The number of carbonyl (C=O) groups is 1. The van der Waals surface area contributed by atoms with E-state index in [0.29, 0.717) is 12.3 Å². The first-order valence-electron chi connectivity index (χ1n) is 8.39. The van der Waals surface area contributed by atoms with Crippen LogP contribution in [0.25, 0.3) is 0 Å². The number of hydrogen-bond acceptors (Lipinski definition) is 3. The van der Waals surface area contributed by atoms with E-state index in [1.807, 2.05) is 6.92 Å². The smallest absolute Gasteiger partial charge is 0.309 e. The van der Waals surface area contributed by atoms with Gasteiger partial charge in [0.25, 0.3) is 0 Å². The first-order chi connectivity index (χ1) is 9.54. The normalized spacial score (nSPS) is 47.3. The van der Waals surface area contributed by atoms with Crippen LogP contribution in [0.15, 0.2) is 0 Å². The van der Waals surface area contributed by atoms with Gasteiger partial charge in [0.1, 0.15) is 6.61 Å². The van der Waals surface area contributed by atoms with Crippen LogP contribution in [0.4, 0.5) is 0 Å². The van der Waals surface area contributed by atoms with Gasteiger partial charge in [0.05, 0.1) is 12.0 Å². The van der Waals surface area contributed by atoms with Crippen molar-refractivity contribution in [3.63, 3.8) is 0 Å². The maximum absolute atomic E-state index is 12.3. The molecule has 0 amide bonds. The fraction of sp³-hybridized carbons (Fsp3) is 0.941. The Bertz CT molecular complexity index is 380. The molecule has 20 heavy (non-hydrogen) atoms.